The summed E-state index contributed by atoms with van der Waals surface area (Å²) in [5.74, 6) is -0.429. The first-order chi connectivity index (χ1) is 15.3. The SMILES string of the molecule is CC(=O)Oc1ccc(C(=O)Nc2nnc([C@H]3CC(=O)N(c4cc(C)cc(C)c4)C3)s2)cc1. The number of hydrogen-bond acceptors (Lipinski definition) is 7. The smallest absolute Gasteiger partial charge is 0.308 e. The molecule has 1 saturated heterocycles. The second-order valence-corrected chi connectivity index (χ2v) is 8.78. The summed E-state index contributed by atoms with van der Waals surface area (Å²) in [6, 6.07) is 12.3. The molecule has 0 unspecified atom stereocenters. The number of benzene rings is 2. The van der Waals surface area contributed by atoms with Gasteiger partial charge in [-0.15, -0.1) is 10.2 Å². The summed E-state index contributed by atoms with van der Waals surface area (Å²) in [6.45, 7) is 5.87. The van der Waals surface area contributed by atoms with Crippen molar-refractivity contribution in [1.82, 2.24) is 10.2 Å². The lowest BCUT2D eigenvalue weighted by Gasteiger charge is -2.17. The van der Waals surface area contributed by atoms with Crippen LogP contribution < -0.4 is 15.0 Å². The van der Waals surface area contributed by atoms with Gasteiger partial charge in [0, 0.05) is 37.1 Å². The summed E-state index contributed by atoms with van der Waals surface area (Å²) >= 11 is 1.27. The maximum absolute atomic E-state index is 12.6. The average Bonchev–Trinajstić information content (AvgIpc) is 3.34. The second-order valence-electron chi connectivity index (χ2n) is 7.77. The van der Waals surface area contributed by atoms with Gasteiger partial charge in [0.2, 0.25) is 11.0 Å². The van der Waals surface area contributed by atoms with Crippen molar-refractivity contribution in [3.05, 3.63) is 64.2 Å². The third-order valence-corrected chi connectivity index (χ3v) is 6.03. The van der Waals surface area contributed by atoms with Crippen molar-refractivity contribution >= 4 is 39.9 Å². The summed E-state index contributed by atoms with van der Waals surface area (Å²) < 4.78 is 4.97. The molecule has 1 aliphatic rings. The van der Waals surface area contributed by atoms with Crippen molar-refractivity contribution in [3.8, 4) is 5.75 Å². The van der Waals surface area contributed by atoms with Crippen LogP contribution >= 0.6 is 11.3 Å². The van der Waals surface area contributed by atoms with Gasteiger partial charge in [-0.05, 0) is 61.4 Å². The molecule has 1 fully saturated rings. The minimum absolute atomic E-state index is 0.0497. The summed E-state index contributed by atoms with van der Waals surface area (Å²) in [5.41, 5.74) is 3.51. The number of nitrogens with one attached hydrogen (secondary N) is 1. The first-order valence-electron chi connectivity index (χ1n) is 10.1. The number of nitrogens with zero attached hydrogens (tertiary/aromatic N) is 3. The predicted octanol–water partition coefficient (Wildman–Crippen LogP) is 3.85. The first kappa shape index (κ1) is 21.6. The van der Waals surface area contributed by atoms with Crippen molar-refractivity contribution in [1.29, 1.82) is 0 Å². The Kier molecular flexibility index (Phi) is 6.00. The maximum atomic E-state index is 12.6. The third-order valence-electron chi connectivity index (χ3n) is 5.03. The van der Waals surface area contributed by atoms with Crippen molar-refractivity contribution in [2.75, 3.05) is 16.8 Å². The van der Waals surface area contributed by atoms with Crippen molar-refractivity contribution < 1.29 is 19.1 Å². The molecule has 0 spiro atoms. The molecule has 0 bridgehead atoms. The Balaban J connectivity index is 1.42. The Hall–Kier alpha value is -3.59. The number of carbonyl (C=O) groups is 3. The molecule has 1 N–H and O–H groups in total. The molecule has 4 rings (SSSR count). The monoisotopic (exact) mass is 450 g/mol. The number of aromatic nitrogens is 2. The lowest BCUT2D eigenvalue weighted by Crippen LogP contribution is -2.24. The van der Waals surface area contributed by atoms with E-state index in [4.69, 9.17) is 4.74 Å². The van der Waals surface area contributed by atoms with Crippen LogP contribution in [-0.2, 0) is 9.59 Å². The number of esters is 1. The van der Waals surface area contributed by atoms with Crippen molar-refractivity contribution in [2.24, 2.45) is 0 Å². The zero-order valence-electron chi connectivity index (χ0n) is 17.9. The number of rotatable bonds is 5. The molecule has 1 aliphatic heterocycles. The molecule has 2 heterocycles. The molecule has 9 heteroatoms. The molecular weight excluding hydrogens is 428 g/mol. The number of carbonyl (C=O) groups excluding carboxylic acids is 3. The van der Waals surface area contributed by atoms with Crippen LogP contribution in [0.15, 0.2) is 42.5 Å². The zero-order valence-corrected chi connectivity index (χ0v) is 18.7. The second kappa shape index (κ2) is 8.88. The van der Waals surface area contributed by atoms with Crippen LogP contribution in [0.5, 0.6) is 5.75 Å². The van der Waals surface area contributed by atoms with Gasteiger partial charge < -0.3 is 9.64 Å². The van der Waals surface area contributed by atoms with Crippen molar-refractivity contribution in [3.63, 3.8) is 0 Å². The highest BCUT2D eigenvalue weighted by atomic mass is 32.1. The van der Waals surface area contributed by atoms with Gasteiger partial charge in [-0.3, -0.25) is 19.7 Å². The molecule has 2 aromatic carbocycles. The summed E-state index contributed by atoms with van der Waals surface area (Å²) in [6.07, 6.45) is 0.354. The molecule has 1 atom stereocenters. The molecular formula is C23H22N4O4S. The van der Waals surface area contributed by atoms with Crippen molar-refractivity contribution in [2.45, 2.75) is 33.1 Å². The molecule has 8 nitrogen and oxygen atoms in total. The molecule has 0 saturated carbocycles. The fourth-order valence-electron chi connectivity index (χ4n) is 3.69. The summed E-state index contributed by atoms with van der Waals surface area (Å²) in [7, 11) is 0. The van der Waals surface area contributed by atoms with E-state index in [0.717, 1.165) is 16.8 Å². The first-order valence-corrected chi connectivity index (χ1v) is 10.9. The quantitative estimate of drug-likeness (QED) is 0.468. The zero-order chi connectivity index (χ0) is 22.8. The maximum Gasteiger partial charge on any atom is 0.308 e. The van der Waals surface area contributed by atoms with E-state index in [1.54, 1.807) is 29.2 Å². The number of ether oxygens (including phenoxy) is 1. The van der Waals surface area contributed by atoms with Gasteiger partial charge in [-0.25, -0.2) is 0 Å². The van der Waals surface area contributed by atoms with Gasteiger partial charge in [-0.1, -0.05) is 17.4 Å². The molecule has 2 amide bonds. The minimum atomic E-state index is -0.426. The van der Waals surface area contributed by atoms with Crippen LogP contribution in [0.4, 0.5) is 10.8 Å². The van der Waals surface area contributed by atoms with Gasteiger partial charge in [0.1, 0.15) is 10.8 Å². The van der Waals surface area contributed by atoms with E-state index < -0.39 is 5.97 Å². The van der Waals surface area contributed by atoms with Crippen LogP contribution in [0.2, 0.25) is 0 Å². The van der Waals surface area contributed by atoms with Gasteiger partial charge in [-0.2, -0.15) is 0 Å². The van der Waals surface area contributed by atoms with E-state index in [1.807, 2.05) is 26.0 Å². The Morgan fingerprint density at radius 2 is 1.78 bits per heavy atom. The van der Waals surface area contributed by atoms with E-state index in [-0.39, 0.29) is 17.7 Å². The van der Waals surface area contributed by atoms with Crippen LogP contribution in [-0.4, -0.2) is 34.5 Å². The highest BCUT2D eigenvalue weighted by Gasteiger charge is 2.34. The predicted molar refractivity (Wildman–Crippen MR) is 121 cm³/mol. The number of hydrogen-bond donors (Lipinski definition) is 1. The van der Waals surface area contributed by atoms with Gasteiger partial charge >= 0.3 is 5.97 Å². The molecule has 0 aliphatic carbocycles. The van der Waals surface area contributed by atoms with Crippen LogP contribution in [0.25, 0.3) is 0 Å². The third kappa shape index (κ3) is 4.83. The highest BCUT2D eigenvalue weighted by molar-refractivity contribution is 7.15. The molecule has 1 aromatic heterocycles. The van der Waals surface area contributed by atoms with Gasteiger partial charge in [0.25, 0.3) is 5.91 Å². The Bertz CT molecular complexity index is 1170. The van der Waals surface area contributed by atoms with E-state index in [1.165, 1.54) is 18.3 Å². The lowest BCUT2D eigenvalue weighted by atomic mass is 10.1. The fourth-order valence-corrected chi connectivity index (χ4v) is 4.52. The Labute approximate surface area is 189 Å². The largest absolute Gasteiger partial charge is 0.427 e. The Morgan fingerprint density at radius 1 is 1.09 bits per heavy atom. The minimum Gasteiger partial charge on any atom is -0.427 e. The topological polar surface area (TPSA) is 101 Å². The van der Waals surface area contributed by atoms with Crippen LogP contribution in [0, 0.1) is 13.8 Å². The number of amides is 2. The summed E-state index contributed by atoms with van der Waals surface area (Å²) in [4.78, 5) is 37.9. The standard InChI is InChI=1S/C23H22N4O4S/c1-13-8-14(2)10-18(9-13)27-12-17(11-20(27)29)22-25-26-23(32-22)24-21(30)16-4-6-19(7-5-16)31-15(3)28/h4-10,17H,11-12H2,1-3H3,(H,24,26,30)/t17-/m0/s1. The fraction of sp³-hybridized carbons (Fsp3) is 0.261. The highest BCUT2D eigenvalue weighted by Crippen LogP contribution is 2.35. The molecule has 3 aromatic rings. The number of anilines is 2. The molecule has 0 radical (unpaired) electrons. The van der Waals surface area contributed by atoms with Crippen LogP contribution in [0.1, 0.15) is 45.8 Å². The van der Waals surface area contributed by atoms with Crippen LogP contribution in [0.3, 0.4) is 0 Å². The van der Waals surface area contributed by atoms with E-state index >= 15 is 0 Å². The van der Waals surface area contributed by atoms with Gasteiger partial charge in [0.05, 0.1) is 0 Å². The van der Waals surface area contributed by atoms with E-state index in [0.29, 0.717) is 34.4 Å². The lowest BCUT2D eigenvalue weighted by molar-refractivity contribution is -0.131. The Morgan fingerprint density at radius 3 is 2.44 bits per heavy atom. The average molecular weight is 451 g/mol. The molecule has 164 valence electrons. The summed E-state index contributed by atoms with van der Waals surface area (Å²) in [5, 5.41) is 12.1. The normalized spacial score (nSPS) is 15.7. The van der Waals surface area contributed by atoms with Gasteiger partial charge in [0.15, 0.2) is 0 Å². The van der Waals surface area contributed by atoms with E-state index in [2.05, 4.69) is 21.6 Å². The molecule has 32 heavy (non-hydrogen) atoms. The number of aryl methyl sites for hydroxylation is 2. The van der Waals surface area contributed by atoms with E-state index in [9.17, 15) is 14.4 Å².